The first kappa shape index (κ1) is 24.7. The van der Waals surface area contributed by atoms with Crippen molar-refractivity contribution in [3.63, 3.8) is 0 Å². The van der Waals surface area contributed by atoms with E-state index in [1.165, 1.54) is 18.2 Å². The molecule has 0 bridgehead atoms. The number of hydrogen-bond donors (Lipinski definition) is 1. The van der Waals surface area contributed by atoms with Crippen molar-refractivity contribution in [1.82, 2.24) is 4.90 Å². The number of carbonyl (C=O) groups is 1. The molecule has 32 heavy (non-hydrogen) atoms. The predicted octanol–water partition coefficient (Wildman–Crippen LogP) is 5.63. The van der Waals surface area contributed by atoms with Crippen molar-refractivity contribution < 1.29 is 13.6 Å². The summed E-state index contributed by atoms with van der Waals surface area (Å²) in [7, 11) is 0. The number of nitrogens with one attached hydrogen (secondary N) is 1. The second-order valence-electron chi connectivity index (χ2n) is 8.46. The third kappa shape index (κ3) is 4.87. The molecule has 8 heteroatoms. The van der Waals surface area contributed by atoms with E-state index in [4.69, 9.17) is 11.6 Å². The van der Waals surface area contributed by atoms with Crippen LogP contribution in [0.1, 0.15) is 38.2 Å². The summed E-state index contributed by atoms with van der Waals surface area (Å²) in [4.78, 5) is 17.4. The van der Waals surface area contributed by atoms with Gasteiger partial charge in [0, 0.05) is 37.6 Å². The fourth-order valence-electron chi connectivity index (χ4n) is 4.85. The second-order valence-corrected chi connectivity index (χ2v) is 8.87. The molecule has 4 rings (SSSR count). The first-order valence-electron chi connectivity index (χ1n) is 11.0. The van der Waals surface area contributed by atoms with E-state index >= 15 is 0 Å². The summed E-state index contributed by atoms with van der Waals surface area (Å²) in [5.41, 5.74) is 1.94. The number of benzene rings is 2. The first-order valence-corrected chi connectivity index (χ1v) is 11.3. The normalized spacial score (nSPS) is 20.6. The number of carbonyl (C=O) groups excluding carboxylic acids is 1. The Balaban J connectivity index is 0.00000289. The molecule has 2 aromatic rings. The Bertz CT molecular complexity index is 966. The number of piperazine rings is 1. The second kappa shape index (κ2) is 10.4. The van der Waals surface area contributed by atoms with Crippen LogP contribution in [0.4, 0.5) is 20.2 Å². The van der Waals surface area contributed by atoms with Crippen LogP contribution in [-0.2, 0) is 10.2 Å². The lowest BCUT2D eigenvalue weighted by atomic mass is 9.75. The van der Waals surface area contributed by atoms with E-state index in [0.29, 0.717) is 12.1 Å². The van der Waals surface area contributed by atoms with Crippen LogP contribution in [0.25, 0.3) is 0 Å². The highest BCUT2D eigenvalue weighted by Gasteiger charge is 2.44. The Morgan fingerprint density at radius 2 is 1.81 bits per heavy atom. The molecule has 2 aliphatic heterocycles. The van der Waals surface area contributed by atoms with Gasteiger partial charge in [0.2, 0.25) is 5.91 Å². The molecule has 0 aliphatic carbocycles. The topological polar surface area (TPSA) is 35.6 Å². The molecule has 1 unspecified atom stereocenters. The van der Waals surface area contributed by atoms with Crippen molar-refractivity contribution >= 4 is 41.3 Å². The number of unbranched alkanes of at least 4 members (excludes halogenated alkanes) is 1. The van der Waals surface area contributed by atoms with E-state index in [1.54, 1.807) is 18.2 Å². The van der Waals surface area contributed by atoms with Crippen molar-refractivity contribution in [3.05, 3.63) is 58.6 Å². The summed E-state index contributed by atoms with van der Waals surface area (Å²) < 4.78 is 26.9. The Morgan fingerprint density at radius 1 is 1.06 bits per heavy atom. The minimum absolute atomic E-state index is 0. The van der Waals surface area contributed by atoms with E-state index < -0.39 is 11.2 Å². The molecule has 0 radical (unpaired) electrons. The zero-order chi connectivity index (χ0) is 22.0. The molecule has 1 amide bonds. The molecule has 1 saturated heterocycles. The van der Waals surface area contributed by atoms with Crippen LogP contribution < -0.4 is 10.2 Å². The summed E-state index contributed by atoms with van der Waals surface area (Å²) >= 11 is 5.91. The van der Waals surface area contributed by atoms with Crippen LogP contribution in [0.5, 0.6) is 0 Å². The Hall–Kier alpha value is -1.89. The van der Waals surface area contributed by atoms with Crippen LogP contribution in [0.15, 0.2) is 36.4 Å². The largest absolute Gasteiger partial charge is 0.369 e. The monoisotopic (exact) mass is 483 g/mol. The Morgan fingerprint density at radius 3 is 2.50 bits per heavy atom. The zero-order valence-corrected chi connectivity index (χ0v) is 19.7. The van der Waals surface area contributed by atoms with Crippen LogP contribution >= 0.6 is 24.0 Å². The number of halogens is 4. The van der Waals surface area contributed by atoms with Gasteiger partial charge in [-0.2, -0.15) is 0 Å². The molecular weight excluding hydrogens is 455 g/mol. The van der Waals surface area contributed by atoms with E-state index in [2.05, 4.69) is 15.1 Å². The molecule has 0 saturated carbocycles. The lowest BCUT2D eigenvalue weighted by Crippen LogP contribution is -2.46. The lowest BCUT2D eigenvalue weighted by Gasteiger charge is -2.36. The molecule has 2 aliphatic rings. The SMILES string of the molecule is CCC1(CCCCN2CCN(c3ccc(F)c(Cl)c3)CC2)C(=O)Nc2cc(F)ccc21.Cl. The van der Waals surface area contributed by atoms with Gasteiger partial charge >= 0.3 is 0 Å². The van der Waals surface area contributed by atoms with E-state index in [0.717, 1.165) is 63.2 Å². The van der Waals surface area contributed by atoms with E-state index in [9.17, 15) is 13.6 Å². The van der Waals surface area contributed by atoms with Crippen molar-refractivity contribution in [2.45, 2.75) is 38.0 Å². The highest BCUT2D eigenvalue weighted by atomic mass is 35.5. The molecule has 1 fully saturated rings. The van der Waals surface area contributed by atoms with Gasteiger partial charge in [0.05, 0.1) is 10.4 Å². The lowest BCUT2D eigenvalue weighted by molar-refractivity contribution is -0.121. The number of hydrogen-bond acceptors (Lipinski definition) is 3. The van der Waals surface area contributed by atoms with Gasteiger partial charge in [-0.15, -0.1) is 12.4 Å². The first-order chi connectivity index (χ1) is 14.9. The summed E-state index contributed by atoms with van der Waals surface area (Å²) in [6.07, 6.45) is 3.41. The van der Waals surface area contributed by atoms with Crippen LogP contribution in [0, 0.1) is 11.6 Å². The van der Waals surface area contributed by atoms with Gasteiger partial charge in [-0.05, 0) is 61.7 Å². The van der Waals surface area contributed by atoms with Crippen molar-refractivity contribution in [2.75, 3.05) is 42.9 Å². The fraction of sp³-hybridized carbons (Fsp3) is 0.458. The van der Waals surface area contributed by atoms with Crippen molar-refractivity contribution in [3.8, 4) is 0 Å². The van der Waals surface area contributed by atoms with Gasteiger partial charge in [0.15, 0.2) is 0 Å². The van der Waals surface area contributed by atoms with Gasteiger partial charge in [-0.1, -0.05) is 31.0 Å². The van der Waals surface area contributed by atoms with Gasteiger partial charge in [0.1, 0.15) is 11.6 Å². The van der Waals surface area contributed by atoms with E-state index in [1.807, 2.05) is 6.92 Å². The average Bonchev–Trinajstić information content (AvgIpc) is 3.04. The van der Waals surface area contributed by atoms with Gasteiger partial charge in [-0.3, -0.25) is 9.69 Å². The summed E-state index contributed by atoms with van der Waals surface area (Å²) in [6, 6.07) is 9.49. The quantitative estimate of drug-likeness (QED) is 0.518. The predicted molar refractivity (Wildman–Crippen MR) is 128 cm³/mol. The highest BCUT2D eigenvalue weighted by Crippen LogP contribution is 2.44. The molecule has 1 N–H and O–H groups in total. The van der Waals surface area contributed by atoms with Crippen LogP contribution in [0.3, 0.4) is 0 Å². The smallest absolute Gasteiger partial charge is 0.235 e. The maximum Gasteiger partial charge on any atom is 0.235 e. The van der Waals surface area contributed by atoms with E-state index in [-0.39, 0.29) is 29.2 Å². The summed E-state index contributed by atoms with van der Waals surface area (Å²) in [5, 5.41) is 3.03. The summed E-state index contributed by atoms with van der Waals surface area (Å²) in [5.74, 6) is -0.729. The maximum atomic E-state index is 13.5. The standard InChI is InChI=1S/C24H28ClF2N3O.ClH/c1-2-24(19-7-5-17(26)15-22(19)28-23(24)31)9-3-4-10-29-11-13-30(14-12-29)18-6-8-21(27)20(25)16-18;/h5-8,15-16H,2-4,9-14H2,1H3,(H,28,31);1H. The van der Waals surface area contributed by atoms with Crippen molar-refractivity contribution in [1.29, 1.82) is 0 Å². The van der Waals surface area contributed by atoms with Crippen molar-refractivity contribution in [2.24, 2.45) is 0 Å². The molecule has 0 spiro atoms. The minimum atomic E-state index is -0.552. The van der Waals surface area contributed by atoms with Crippen LogP contribution in [-0.4, -0.2) is 43.5 Å². The molecule has 0 aromatic heterocycles. The fourth-order valence-corrected chi connectivity index (χ4v) is 5.03. The maximum absolute atomic E-state index is 13.5. The third-order valence-electron chi connectivity index (χ3n) is 6.75. The summed E-state index contributed by atoms with van der Waals surface area (Å²) in [6.45, 7) is 6.64. The Kier molecular flexibility index (Phi) is 8.01. The molecular formula is C24H29Cl2F2N3O. The molecule has 2 aromatic carbocycles. The number of rotatable bonds is 7. The van der Waals surface area contributed by atoms with Crippen LogP contribution in [0.2, 0.25) is 5.02 Å². The third-order valence-corrected chi connectivity index (χ3v) is 7.04. The molecule has 1 atom stereocenters. The zero-order valence-electron chi connectivity index (χ0n) is 18.2. The Labute approximate surface area is 199 Å². The molecule has 174 valence electrons. The number of amides is 1. The molecule has 4 nitrogen and oxygen atoms in total. The number of nitrogens with zero attached hydrogens (tertiary/aromatic N) is 2. The van der Waals surface area contributed by atoms with Gasteiger partial charge < -0.3 is 10.2 Å². The average molecular weight is 484 g/mol. The highest BCUT2D eigenvalue weighted by molar-refractivity contribution is 6.31. The minimum Gasteiger partial charge on any atom is -0.369 e. The molecule has 2 heterocycles. The number of fused-ring (bicyclic) bond motifs is 1. The van der Waals surface area contributed by atoms with Gasteiger partial charge in [-0.25, -0.2) is 8.78 Å². The number of anilines is 2. The van der Waals surface area contributed by atoms with Gasteiger partial charge in [0.25, 0.3) is 0 Å².